The van der Waals surface area contributed by atoms with Crippen LogP contribution in [0.25, 0.3) is 10.9 Å². The first kappa shape index (κ1) is 15.1. The Hall–Kier alpha value is -3.42. The van der Waals surface area contributed by atoms with Crippen LogP contribution in [0, 0.1) is 0 Å². The minimum Gasteiger partial charge on any atom is -0.351 e. The normalized spacial score (nSPS) is 20.9. The zero-order chi connectivity index (χ0) is 17.6. The Labute approximate surface area is 142 Å². The molecule has 25 heavy (non-hydrogen) atoms. The van der Waals surface area contributed by atoms with Gasteiger partial charge in [-0.3, -0.25) is 24.4 Å². The van der Waals surface area contributed by atoms with Crippen molar-refractivity contribution >= 4 is 34.3 Å². The first-order valence-electron chi connectivity index (χ1n) is 7.81. The highest BCUT2D eigenvalue weighted by Crippen LogP contribution is 2.25. The van der Waals surface area contributed by atoms with E-state index < -0.39 is 17.9 Å². The first-order chi connectivity index (χ1) is 12.0. The number of nitrogens with one attached hydrogen (secondary N) is 3. The Bertz CT molecular complexity index is 958. The van der Waals surface area contributed by atoms with Crippen molar-refractivity contribution in [1.82, 2.24) is 20.4 Å². The zero-order valence-electron chi connectivity index (χ0n) is 13.2. The molecule has 1 atom stereocenters. The highest BCUT2D eigenvalue weighted by molar-refractivity contribution is 6.19. The minimum absolute atomic E-state index is 0.140. The third-order valence-electron chi connectivity index (χ3n) is 4.31. The molecule has 0 spiro atoms. The second-order valence-electron chi connectivity index (χ2n) is 6.02. The van der Waals surface area contributed by atoms with Crippen LogP contribution in [-0.2, 0) is 14.4 Å². The van der Waals surface area contributed by atoms with Crippen LogP contribution in [0.2, 0.25) is 0 Å². The minimum atomic E-state index is -0.809. The highest BCUT2D eigenvalue weighted by atomic mass is 16.2. The second kappa shape index (κ2) is 5.59. The fourth-order valence-electron chi connectivity index (χ4n) is 3.05. The van der Waals surface area contributed by atoms with E-state index in [-0.39, 0.29) is 11.6 Å². The van der Waals surface area contributed by atoms with Gasteiger partial charge in [0.2, 0.25) is 5.91 Å². The van der Waals surface area contributed by atoms with E-state index in [1.807, 2.05) is 6.07 Å². The first-order valence-corrected chi connectivity index (χ1v) is 7.81. The molecule has 2 aliphatic heterocycles. The largest absolute Gasteiger partial charge is 0.351 e. The number of amides is 3. The second-order valence-corrected chi connectivity index (χ2v) is 6.02. The van der Waals surface area contributed by atoms with Crippen LogP contribution < -0.4 is 10.6 Å². The molecule has 0 saturated carbocycles. The lowest BCUT2D eigenvalue weighted by molar-refractivity contribution is -0.146. The summed E-state index contributed by atoms with van der Waals surface area (Å²) in [6.45, 7) is 3.70. The van der Waals surface area contributed by atoms with Gasteiger partial charge in [0.25, 0.3) is 11.8 Å². The van der Waals surface area contributed by atoms with E-state index >= 15 is 0 Å². The molecule has 126 valence electrons. The van der Waals surface area contributed by atoms with Gasteiger partial charge in [-0.25, -0.2) is 0 Å². The zero-order valence-corrected chi connectivity index (χ0v) is 13.2. The summed E-state index contributed by atoms with van der Waals surface area (Å²) in [6.07, 6.45) is 3.83. The van der Waals surface area contributed by atoms with E-state index in [4.69, 9.17) is 0 Å². The third kappa shape index (κ3) is 2.57. The summed E-state index contributed by atoms with van der Waals surface area (Å²) in [5.74, 6) is -1.39. The van der Waals surface area contributed by atoms with Crippen molar-refractivity contribution in [2.45, 2.75) is 18.9 Å². The number of H-pyrrole nitrogens is 1. The standard InChI is InChI=1S/C17H15N5O3/c1-9-2-5-14(16(24)19-9)22-15(23)7-13(17(22)25)20-11-4-3-10-8-18-21-12(10)6-11/h3-4,6-8,14,20H,1-2,5H2,(H,18,21)(H,19,24). The van der Waals surface area contributed by atoms with E-state index in [1.165, 1.54) is 6.08 Å². The molecule has 2 aromatic rings. The van der Waals surface area contributed by atoms with Crippen molar-refractivity contribution in [1.29, 1.82) is 0 Å². The summed E-state index contributed by atoms with van der Waals surface area (Å²) >= 11 is 0. The van der Waals surface area contributed by atoms with Crippen LogP contribution in [0.4, 0.5) is 5.69 Å². The lowest BCUT2D eigenvalue weighted by Gasteiger charge is -2.29. The number of benzene rings is 1. The van der Waals surface area contributed by atoms with Crippen molar-refractivity contribution in [3.63, 3.8) is 0 Å². The SMILES string of the molecule is C=C1CCC(N2C(=O)C=C(Nc3ccc4cn[nH]c4c3)C2=O)C(=O)N1. The van der Waals surface area contributed by atoms with Gasteiger partial charge >= 0.3 is 0 Å². The Morgan fingerprint density at radius 3 is 2.92 bits per heavy atom. The number of rotatable bonds is 3. The molecule has 1 aromatic heterocycles. The van der Waals surface area contributed by atoms with Gasteiger partial charge in [0.1, 0.15) is 11.7 Å². The molecule has 0 aliphatic carbocycles. The molecule has 1 unspecified atom stereocenters. The molecule has 3 heterocycles. The number of hydrogen-bond acceptors (Lipinski definition) is 5. The summed E-state index contributed by atoms with van der Waals surface area (Å²) in [6, 6.07) is 4.62. The van der Waals surface area contributed by atoms with Gasteiger partial charge in [-0.1, -0.05) is 6.58 Å². The van der Waals surface area contributed by atoms with Crippen molar-refractivity contribution < 1.29 is 14.4 Å². The number of piperidine rings is 1. The molecule has 1 aromatic carbocycles. The maximum absolute atomic E-state index is 12.6. The molecule has 1 fully saturated rings. The number of carbonyl (C=O) groups excluding carboxylic acids is 3. The molecule has 0 radical (unpaired) electrons. The molecule has 3 N–H and O–H groups in total. The maximum Gasteiger partial charge on any atom is 0.278 e. The highest BCUT2D eigenvalue weighted by Gasteiger charge is 2.41. The van der Waals surface area contributed by atoms with Crippen LogP contribution in [0.15, 0.2) is 48.4 Å². The lowest BCUT2D eigenvalue weighted by Crippen LogP contribution is -2.52. The van der Waals surface area contributed by atoms with Gasteiger partial charge in [-0.05, 0) is 31.0 Å². The quantitative estimate of drug-likeness (QED) is 0.725. The van der Waals surface area contributed by atoms with E-state index in [9.17, 15) is 14.4 Å². The van der Waals surface area contributed by atoms with Crippen molar-refractivity contribution in [2.24, 2.45) is 0 Å². The molecule has 1 saturated heterocycles. The molecule has 3 amide bonds. The fourth-order valence-corrected chi connectivity index (χ4v) is 3.05. The Morgan fingerprint density at radius 1 is 1.28 bits per heavy atom. The summed E-state index contributed by atoms with van der Waals surface area (Å²) < 4.78 is 0. The van der Waals surface area contributed by atoms with Crippen molar-refractivity contribution in [3.05, 3.63) is 48.4 Å². The van der Waals surface area contributed by atoms with Crippen LogP contribution >= 0.6 is 0 Å². The number of allylic oxidation sites excluding steroid dienone is 1. The average Bonchev–Trinajstić information content (AvgIpc) is 3.13. The number of anilines is 1. The summed E-state index contributed by atoms with van der Waals surface area (Å²) in [5, 5.41) is 13.3. The Kier molecular flexibility index (Phi) is 3.38. The average molecular weight is 337 g/mol. The van der Waals surface area contributed by atoms with Gasteiger partial charge < -0.3 is 10.6 Å². The van der Waals surface area contributed by atoms with Crippen LogP contribution in [0.3, 0.4) is 0 Å². The maximum atomic E-state index is 12.6. The van der Waals surface area contributed by atoms with Crippen LogP contribution in [0.5, 0.6) is 0 Å². The van der Waals surface area contributed by atoms with E-state index in [2.05, 4.69) is 27.4 Å². The van der Waals surface area contributed by atoms with Crippen LogP contribution in [0.1, 0.15) is 12.8 Å². The number of nitrogens with zero attached hydrogens (tertiary/aromatic N) is 2. The summed E-state index contributed by atoms with van der Waals surface area (Å²) in [5.41, 5.74) is 2.19. The number of aromatic amines is 1. The van der Waals surface area contributed by atoms with Crippen molar-refractivity contribution in [2.75, 3.05) is 5.32 Å². The molecular formula is C17H15N5O3. The van der Waals surface area contributed by atoms with Crippen molar-refractivity contribution in [3.8, 4) is 0 Å². The predicted molar refractivity (Wildman–Crippen MR) is 90.0 cm³/mol. The topological polar surface area (TPSA) is 107 Å². The number of hydrogen-bond donors (Lipinski definition) is 3. The predicted octanol–water partition coefficient (Wildman–Crippen LogP) is 1.02. The molecule has 4 rings (SSSR count). The van der Waals surface area contributed by atoms with Crippen LogP contribution in [-0.4, -0.2) is 38.9 Å². The fraction of sp³-hybridized carbons (Fsp3) is 0.176. The lowest BCUT2D eigenvalue weighted by atomic mass is 10.0. The number of carbonyl (C=O) groups is 3. The van der Waals surface area contributed by atoms with Gasteiger partial charge in [0, 0.05) is 22.8 Å². The molecule has 2 aliphatic rings. The number of fused-ring (bicyclic) bond motifs is 1. The van der Waals surface area contributed by atoms with Gasteiger partial charge in [-0.15, -0.1) is 0 Å². The molecule has 0 bridgehead atoms. The summed E-state index contributed by atoms with van der Waals surface area (Å²) in [4.78, 5) is 38.0. The van der Waals surface area contributed by atoms with Gasteiger partial charge in [-0.2, -0.15) is 5.10 Å². The number of imide groups is 1. The molecular weight excluding hydrogens is 322 g/mol. The monoisotopic (exact) mass is 337 g/mol. The third-order valence-corrected chi connectivity index (χ3v) is 4.31. The van der Waals surface area contributed by atoms with Gasteiger partial charge in [0.15, 0.2) is 0 Å². The van der Waals surface area contributed by atoms with E-state index in [0.29, 0.717) is 24.2 Å². The Balaban J connectivity index is 1.54. The Morgan fingerprint density at radius 2 is 2.12 bits per heavy atom. The smallest absolute Gasteiger partial charge is 0.278 e. The molecule has 8 heteroatoms. The van der Waals surface area contributed by atoms with Gasteiger partial charge in [0.05, 0.1) is 11.7 Å². The number of aromatic nitrogens is 2. The van der Waals surface area contributed by atoms with E-state index in [1.54, 1.807) is 18.3 Å². The molecule has 8 nitrogen and oxygen atoms in total. The van der Waals surface area contributed by atoms with E-state index in [0.717, 1.165) is 15.8 Å². The summed E-state index contributed by atoms with van der Waals surface area (Å²) in [7, 11) is 0.